The number of carbonyl (C=O) groups is 1. The first-order valence-electron chi connectivity index (χ1n) is 9.38. The predicted octanol–water partition coefficient (Wildman–Crippen LogP) is 3.57. The number of H-pyrrole nitrogens is 1. The van der Waals surface area contributed by atoms with E-state index in [1.54, 1.807) is 7.11 Å². The molecule has 1 fully saturated rings. The molecule has 5 nitrogen and oxygen atoms in total. The molecule has 0 saturated carbocycles. The smallest absolute Gasteiger partial charge is 0.178 e. The van der Waals surface area contributed by atoms with E-state index in [-0.39, 0.29) is 5.78 Å². The van der Waals surface area contributed by atoms with Crippen molar-refractivity contribution < 1.29 is 9.53 Å². The zero-order chi connectivity index (χ0) is 18.8. The number of nitrogens with zero attached hydrogens (tertiary/aromatic N) is 2. The molecule has 3 aromatic rings. The highest BCUT2D eigenvalue weighted by Gasteiger charge is 2.26. The summed E-state index contributed by atoms with van der Waals surface area (Å²) in [6, 6.07) is 16.5. The summed E-state index contributed by atoms with van der Waals surface area (Å²) in [7, 11) is 1.69. The van der Waals surface area contributed by atoms with Crippen LogP contribution in [0.5, 0.6) is 5.75 Å². The van der Waals surface area contributed by atoms with Gasteiger partial charge in [0.15, 0.2) is 5.78 Å². The topological polar surface area (TPSA) is 48.6 Å². The van der Waals surface area contributed by atoms with Crippen molar-refractivity contribution in [2.24, 2.45) is 0 Å². The number of ether oxygens (including phenoxy) is 1. The molecule has 0 amide bonds. The van der Waals surface area contributed by atoms with Gasteiger partial charge in [-0.2, -0.15) is 0 Å². The van der Waals surface area contributed by atoms with Gasteiger partial charge in [-0.1, -0.05) is 24.3 Å². The monoisotopic (exact) mass is 363 g/mol. The lowest BCUT2D eigenvalue weighted by Gasteiger charge is -2.41. The summed E-state index contributed by atoms with van der Waals surface area (Å²) in [6.45, 7) is 5.30. The zero-order valence-electron chi connectivity index (χ0n) is 15.8. The summed E-state index contributed by atoms with van der Waals surface area (Å²) in [5.41, 5.74) is 2.97. The molecule has 1 aliphatic rings. The largest absolute Gasteiger partial charge is 0.497 e. The lowest BCUT2D eigenvalue weighted by Crippen LogP contribution is -2.53. The summed E-state index contributed by atoms with van der Waals surface area (Å²) in [6.07, 6.45) is 1.84. The van der Waals surface area contributed by atoms with Gasteiger partial charge >= 0.3 is 0 Å². The van der Waals surface area contributed by atoms with Crippen LogP contribution < -0.4 is 9.64 Å². The molecule has 1 aliphatic heterocycles. The fraction of sp³-hybridized carbons (Fsp3) is 0.318. The highest BCUT2D eigenvalue weighted by Crippen LogP contribution is 2.25. The van der Waals surface area contributed by atoms with Crippen LogP contribution in [0.25, 0.3) is 10.9 Å². The second-order valence-electron chi connectivity index (χ2n) is 7.15. The van der Waals surface area contributed by atoms with Crippen molar-refractivity contribution in [3.05, 3.63) is 60.3 Å². The summed E-state index contributed by atoms with van der Waals surface area (Å²) in [5.74, 6) is 1.05. The van der Waals surface area contributed by atoms with E-state index in [2.05, 4.69) is 33.8 Å². The minimum atomic E-state index is 0.175. The fourth-order valence-electron chi connectivity index (χ4n) is 3.94. The van der Waals surface area contributed by atoms with Crippen molar-refractivity contribution in [3.63, 3.8) is 0 Å². The third kappa shape index (κ3) is 3.55. The lowest BCUT2D eigenvalue weighted by molar-refractivity contribution is 0.0919. The maximum atomic E-state index is 12.8. The highest BCUT2D eigenvalue weighted by molar-refractivity contribution is 6.08. The number of ketones is 1. The van der Waals surface area contributed by atoms with Crippen molar-refractivity contribution in [2.75, 3.05) is 38.2 Å². The Morgan fingerprint density at radius 2 is 2.04 bits per heavy atom. The quantitative estimate of drug-likeness (QED) is 0.704. The van der Waals surface area contributed by atoms with Crippen LogP contribution in [-0.2, 0) is 0 Å². The zero-order valence-corrected chi connectivity index (χ0v) is 15.8. The van der Waals surface area contributed by atoms with Gasteiger partial charge in [0.1, 0.15) is 5.75 Å². The Hall–Kier alpha value is -2.79. The average Bonchev–Trinajstić information content (AvgIpc) is 3.12. The minimum Gasteiger partial charge on any atom is -0.497 e. The number of piperazine rings is 1. The first kappa shape index (κ1) is 17.6. The number of fused-ring (bicyclic) bond motifs is 1. The van der Waals surface area contributed by atoms with E-state index in [9.17, 15) is 4.79 Å². The second kappa shape index (κ2) is 7.45. The van der Waals surface area contributed by atoms with Crippen molar-refractivity contribution in [2.45, 2.75) is 13.0 Å². The molecule has 140 valence electrons. The third-order valence-electron chi connectivity index (χ3n) is 5.35. The van der Waals surface area contributed by atoms with Gasteiger partial charge in [0.25, 0.3) is 0 Å². The first-order valence-corrected chi connectivity index (χ1v) is 9.38. The molecular weight excluding hydrogens is 338 g/mol. The molecule has 1 saturated heterocycles. The summed E-state index contributed by atoms with van der Waals surface area (Å²) < 4.78 is 5.35. The van der Waals surface area contributed by atoms with Crippen LogP contribution >= 0.6 is 0 Å². The van der Waals surface area contributed by atoms with E-state index in [0.29, 0.717) is 12.6 Å². The van der Waals surface area contributed by atoms with Crippen LogP contribution in [0, 0.1) is 0 Å². The number of Topliss-reactive ketones (excluding diaryl/α,β-unsaturated/α-hetero) is 1. The van der Waals surface area contributed by atoms with E-state index >= 15 is 0 Å². The fourth-order valence-corrected chi connectivity index (χ4v) is 3.94. The molecule has 1 aromatic heterocycles. The van der Waals surface area contributed by atoms with E-state index in [1.165, 1.54) is 5.69 Å². The second-order valence-corrected chi connectivity index (χ2v) is 7.15. The van der Waals surface area contributed by atoms with E-state index in [1.807, 2.05) is 42.6 Å². The van der Waals surface area contributed by atoms with Gasteiger partial charge in [-0.05, 0) is 25.1 Å². The maximum Gasteiger partial charge on any atom is 0.178 e. The minimum absolute atomic E-state index is 0.175. The number of aromatic amines is 1. The molecule has 1 N–H and O–H groups in total. The molecule has 1 atom stereocenters. The summed E-state index contributed by atoms with van der Waals surface area (Å²) in [4.78, 5) is 20.7. The van der Waals surface area contributed by atoms with Crippen LogP contribution in [0.1, 0.15) is 17.3 Å². The van der Waals surface area contributed by atoms with E-state index in [4.69, 9.17) is 4.74 Å². The number of methoxy groups -OCH3 is 1. The van der Waals surface area contributed by atoms with Crippen molar-refractivity contribution in [1.29, 1.82) is 0 Å². The number of rotatable bonds is 5. The normalized spacial score (nSPS) is 18.0. The molecule has 0 aliphatic carbocycles. The number of benzene rings is 2. The van der Waals surface area contributed by atoms with Gasteiger partial charge in [0.05, 0.1) is 13.7 Å². The SMILES string of the molecule is COc1cccc(N2CCN(CC(=O)c3c[nH]c4ccccc34)C[C@@H]2C)c1. The molecule has 0 spiro atoms. The van der Waals surface area contributed by atoms with Gasteiger partial charge in [0.2, 0.25) is 0 Å². The van der Waals surface area contributed by atoms with E-state index < -0.39 is 0 Å². The van der Waals surface area contributed by atoms with E-state index in [0.717, 1.165) is 41.9 Å². The average molecular weight is 363 g/mol. The molecule has 0 unspecified atom stereocenters. The first-order chi connectivity index (χ1) is 13.2. The van der Waals surface area contributed by atoms with Gasteiger partial charge in [-0.25, -0.2) is 0 Å². The van der Waals surface area contributed by atoms with Crippen LogP contribution in [0.2, 0.25) is 0 Å². The highest BCUT2D eigenvalue weighted by atomic mass is 16.5. The maximum absolute atomic E-state index is 12.8. The molecule has 0 bridgehead atoms. The Bertz CT molecular complexity index is 949. The van der Waals surface area contributed by atoms with Gasteiger partial charge in [0, 0.05) is 60.1 Å². The summed E-state index contributed by atoms with van der Waals surface area (Å²) >= 11 is 0. The van der Waals surface area contributed by atoms with Gasteiger partial charge in [-0.3, -0.25) is 9.69 Å². The molecular formula is C22H25N3O2. The van der Waals surface area contributed by atoms with Crippen LogP contribution in [-0.4, -0.2) is 55.0 Å². The Morgan fingerprint density at radius 3 is 2.85 bits per heavy atom. The van der Waals surface area contributed by atoms with Gasteiger partial charge < -0.3 is 14.6 Å². The Labute approximate surface area is 159 Å². The number of carbonyl (C=O) groups excluding carboxylic acids is 1. The molecule has 5 heteroatoms. The van der Waals surface area contributed by atoms with Crippen LogP contribution in [0.4, 0.5) is 5.69 Å². The van der Waals surface area contributed by atoms with Gasteiger partial charge in [-0.15, -0.1) is 0 Å². The predicted molar refractivity (Wildman–Crippen MR) is 109 cm³/mol. The summed E-state index contributed by atoms with van der Waals surface area (Å²) in [5, 5.41) is 1.01. The Morgan fingerprint density at radius 1 is 1.19 bits per heavy atom. The molecule has 0 radical (unpaired) electrons. The Kier molecular flexibility index (Phi) is 4.86. The number of para-hydroxylation sites is 1. The van der Waals surface area contributed by atoms with Crippen molar-refractivity contribution >= 4 is 22.4 Å². The number of hydrogen-bond donors (Lipinski definition) is 1. The number of nitrogens with one attached hydrogen (secondary N) is 1. The lowest BCUT2D eigenvalue weighted by atomic mass is 10.1. The molecule has 27 heavy (non-hydrogen) atoms. The third-order valence-corrected chi connectivity index (χ3v) is 5.35. The number of anilines is 1. The molecule has 2 aromatic carbocycles. The Balaban J connectivity index is 1.43. The van der Waals surface area contributed by atoms with Crippen molar-refractivity contribution in [1.82, 2.24) is 9.88 Å². The number of hydrogen-bond acceptors (Lipinski definition) is 4. The number of aromatic nitrogens is 1. The van der Waals surface area contributed by atoms with Crippen LogP contribution in [0.15, 0.2) is 54.7 Å². The van der Waals surface area contributed by atoms with Crippen molar-refractivity contribution in [3.8, 4) is 5.75 Å². The standard InChI is InChI=1S/C22H25N3O2/c1-16-14-24(10-11-25(16)17-6-5-7-18(12-17)27-2)15-22(26)20-13-23-21-9-4-3-8-19(20)21/h3-9,12-13,16,23H,10-11,14-15H2,1-2H3/t16-/m0/s1. The van der Waals surface area contributed by atoms with Crippen LogP contribution in [0.3, 0.4) is 0 Å². The molecule has 4 rings (SSSR count). The molecule has 2 heterocycles.